The number of nitro groups is 1. The molecule has 17 nitrogen and oxygen atoms in total. The van der Waals surface area contributed by atoms with Gasteiger partial charge in [0.2, 0.25) is 0 Å². The van der Waals surface area contributed by atoms with E-state index in [0.717, 1.165) is 55.7 Å². The number of benzene rings is 4. The van der Waals surface area contributed by atoms with Gasteiger partial charge < -0.3 is 29.5 Å². The Morgan fingerprint density at radius 1 is 1.03 bits per heavy atom. The number of rotatable bonds is 14. The van der Waals surface area contributed by atoms with E-state index in [4.69, 9.17) is 21.1 Å². The number of amides is 3. The minimum atomic E-state index is -4.64. The van der Waals surface area contributed by atoms with Gasteiger partial charge in [-0.25, -0.2) is 17.9 Å². The Kier molecular flexibility index (Phi) is 14.1. The van der Waals surface area contributed by atoms with Crippen LogP contribution in [0.5, 0.6) is 11.5 Å². The van der Waals surface area contributed by atoms with Gasteiger partial charge in [0.1, 0.15) is 17.2 Å². The van der Waals surface area contributed by atoms with Gasteiger partial charge in [0.15, 0.2) is 0 Å². The van der Waals surface area contributed by atoms with Gasteiger partial charge in [-0.3, -0.25) is 24.9 Å². The number of urea groups is 1. The predicted octanol–water partition coefficient (Wildman–Crippen LogP) is 8.01. The van der Waals surface area contributed by atoms with Crippen molar-refractivity contribution in [3.05, 3.63) is 117 Å². The molecule has 19 heteroatoms. The first-order valence-corrected chi connectivity index (χ1v) is 24.3. The molecule has 5 aromatic rings. The first-order valence-electron chi connectivity index (χ1n) is 22.5. The van der Waals surface area contributed by atoms with E-state index in [0.29, 0.717) is 49.4 Å². The van der Waals surface area contributed by atoms with Crippen molar-refractivity contribution >= 4 is 67.1 Å². The lowest BCUT2D eigenvalue weighted by atomic mass is 9.72. The van der Waals surface area contributed by atoms with Gasteiger partial charge >= 0.3 is 6.03 Å². The molecule has 4 aromatic carbocycles. The highest BCUT2D eigenvalue weighted by atomic mass is 35.5. The number of carbonyl (C=O) groups is 2. The van der Waals surface area contributed by atoms with Gasteiger partial charge in [0.25, 0.3) is 21.6 Å². The number of anilines is 2. The molecule has 3 heterocycles. The van der Waals surface area contributed by atoms with E-state index in [2.05, 4.69) is 56.0 Å². The van der Waals surface area contributed by atoms with Crippen molar-refractivity contribution < 1.29 is 32.4 Å². The van der Waals surface area contributed by atoms with Crippen LogP contribution in [0.15, 0.2) is 95.5 Å². The Hall–Kier alpha value is -6.21. The maximum absolute atomic E-state index is 14.1. The summed E-state index contributed by atoms with van der Waals surface area (Å²) in [4.78, 5) is 45.8. The molecule has 2 fully saturated rings. The van der Waals surface area contributed by atoms with E-state index < -0.39 is 37.5 Å². The highest BCUT2D eigenvalue weighted by Gasteiger charge is 2.31. The van der Waals surface area contributed by atoms with Gasteiger partial charge in [-0.1, -0.05) is 49.2 Å². The fraction of sp³-hybridized carbons (Fsp3) is 0.396. The van der Waals surface area contributed by atoms with Gasteiger partial charge in [-0.2, -0.15) is 5.10 Å². The SMILES string of the molecule is CCN(C)C(=O)N1CCOC(CNc2ccc(S(=O)(=O)NC(=O)c3ccc(N4CCN(CC5=C(c6ccc(Cl)cc6)CC(C)(C)CC5)CC4)cc3Oc3cccc4[nH]ncc34)cc2[N+](=O)[O-])C1. The Morgan fingerprint density at radius 2 is 1.81 bits per heavy atom. The molecule has 0 saturated carbocycles. The lowest BCUT2D eigenvalue weighted by Gasteiger charge is -2.39. The number of carbonyl (C=O) groups excluding carboxylic acids is 2. The number of piperazine rings is 1. The summed E-state index contributed by atoms with van der Waals surface area (Å²) in [6, 6.07) is 21.7. The Morgan fingerprint density at radius 3 is 2.55 bits per heavy atom. The Balaban J connectivity index is 0.986. The molecule has 3 amide bonds. The summed E-state index contributed by atoms with van der Waals surface area (Å²) in [6.07, 6.45) is 4.30. The van der Waals surface area contributed by atoms with Gasteiger partial charge in [0.05, 0.1) is 51.7 Å². The van der Waals surface area contributed by atoms with E-state index in [-0.39, 0.29) is 41.5 Å². The molecule has 0 spiro atoms. The summed E-state index contributed by atoms with van der Waals surface area (Å²) in [5.41, 5.74) is 5.25. The standard InChI is InChI=1S/C48H56ClN9O8S/c1-5-54(4)47(60)57-23-24-65-36(31-57)28-50-42-16-14-37(26-43(42)58(61)62)67(63,64)53-46(59)38-15-13-35(25-45(38)66-44-8-6-7-41-40(44)29-51-52-41)56-21-19-55(20-22-56)30-33-17-18-48(2,3)27-39(33)32-9-11-34(49)12-10-32/h6-16,25-26,29,36,50H,5,17-24,27-28,30-31H2,1-4H3,(H,51,52)(H,53,59). The number of nitrogens with one attached hydrogen (secondary N) is 3. The van der Waals surface area contributed by atoms with E-state index >= 15 is 0 Å². The van der Waals surface area contributed by atoms with Crippen molar-refractivity contribution in [3.63, 3.8) is 0 Å². The average molecular weight is 955 g/mol. The molecular formula is C48H56ClN9O8S. The van der Waals surface area contributed by atoms with Crippen molar-refractivity contribution in [2.45, 2.75) is 51.0 Å². The number of ether oxygens (including phenoxy) is 2. The molecule has 0 radical (unpaired) electrons. The van der Waals surface area contributed by atoms with E-state index in [1.54, 1.807) is 47.3 Å². The topological polar surface area (TPSA) is 196 Å². The second-order valence-corrected chi connectivity index (χ2v) is 20.2. The van der Waals surface area contributed by atoms with Crippen LogP contribution in [0.25, 0.3) is 16.5 Å². The lowest BCUT2D eigenvalue weighted by molar-refractivity contribution is -0.384. The summed E-state index contributed by atoms with van der Waals surface area (Å²) in [5.74, 6) is -0.477. The molecule has 3 aliphatic rings. The lowest BCUT2D eigenvalue weighted by Crippen LogP contribution is -2.51. The van der Waals surface area contributed by atoms with Crippen LogP contribution >= 0.6 is 11.6 Å². The van der Waals surface area contributed by atoms with E-state index in [9.17, 15) is 28.1 Å². The summed E-state index contributed by atoms with van der Waals surface area (Å²) in [7, 11) is -2.93. The number of sulfonamides is 1. The number of nitrogens with zero attached hydrogens (tertiary/aromatic N) is 6. The number of allylic oxidation sites excluding steroid dienone is 1. The maximum Gasteiger partial charge on any atom is 0.319 e. The molecule has 354 valence electrons. The zero-order valence-electron chi connectivity index (χ0n) is 38.1. The summed E-state index contributed by atoms with van der Waals surface area (Å²) < 4.78 is 42.0. The fourth-order valence-corrected chi connectivity index (χ4v) is 9.97. The molecule has 8 rings (SSSR count). The predicted molar refractivity (Wildman–Crippen MR) is 259 cm³/mol. The Bertz CT molecular complexity index is 2790. The first-order chi connectivity index (χ1) is 32.1. The molecule has 0 bridgehead atoms. The van der Waals surface area contributed by atoms with Crippen LogP contribution in [0.4, 0.5) is 21.9 Å². The number of aromatic nitrogens is 2. The fourth-order valence-electron chi connectivity index (χ4n) is 8.86. The number of hydrogen-bond acceptors (Lipinski definition) is 12. The van der Waals surface area contributed by atoms with Crippen LogP contribution in [-0.2, 0) is 14.8 Å². The molecule has 1 aromatic heterocycles. The third kappa shape index (κ3) is 11.0. The van der Waals surface area contributed by atoms with Crippen molar-refractivity contribution in [1.82, 2.24) is 29.6 Å². The van der Waals surface area contributed by atoms with Gasteiger partial charge in [-0.15, -0.1) is 0 Å². The highest BCUT2D eigenvalue weighted by molar-refractivity contribution is 7.90. The smallest absolute Gasteiger partial charge is 0.319 e. The summed E-state index contributed by atoms with van der Waals surface area (Å²) in [5, 5.41) is 23.7. The molecular weight excluding hydrogens is 898 g/mol. The second-order valence-electron chi connectivity index (χ2n) is 18.1. The van der Waals surface area contributed by atoms with Crippen molar-refractivity contribution in [2.24, 2.45) is 5.41 Å². The van der Waals surface area contributed by atoms with Gasteiger partial charge in [0, 0.05) is 82.2 Å². The highest BCUT2D eigenvalue weighted by Crippen LogP contribution is 2.43. The molecule has 1 unspecified atom stereocenters. The summed E-state index contributed by atoms with van der Waals surface area (Å²) >= 11 is 6.25. The number of hydrogen-bond donors (Lipinski definition) is 3. The van der Waals surface area contributed by atoms with Crippen LogP contribution < -0.4 is 19.7 Å². The van der Waals surface area contributed by atoms with Crippen LogP contribution in [0.3, 0.4) is 0 Å². The first kappa shape index (κ1) is 47.3. The van der Waals surface area contributed by atoms with Crippen molar-refractivity contribution in [1.29, 1.82) is 0 Å². The number of halogens is 1. The number of nitro benzene ring substituents is 1. The average Bonchev–Trinajstić information content (AvgIpc) is 3.81. The van der Waals surface area contributed by atoms with Gasteiger partial charge in [-0.05, 0) is 91.3 Å². The van der Waals surface area contributed by atoms with E-state index in [1.807, 2.05) is 25.1 Å². The summed E-state index contributed by atoms with van der Waals surface area (Å²) in [6.45, 7) is 12.1. The quantitative estimate of drug-likeness (QED) is 0.0718. The number of aromatic amines is 1. The van der Waals surface area contributed by atoms with Crippen LogP contribution in [0.1, 0.15) is 56.0 Å². The molecule has 2 aliphatic heterocycles. The number of H-pyrrole nitrogens is 1. The zero-order chi connectivity index (χ0) is 47.5. The van der Waals surface area contributed by atoms with Crippen LogP contribution in [0.2, 0.25) is 5.02 Å². The van der Waals surface area contributed by atoms with Crippen LogP contribution in [0, 0.1) is 15.5 Å². The Labute approximate surface area is 395 Å². The van der Waals surface area contributed by atoms with Crippen LogP contribution in [-0.4, -0.2) is 129 Å². The zero-order valence-corrected chi connectivity index (χ0v) is 39.7. The molecule has 2 saturated heterocycles. The number of fused-ring (bicyclic) bond motifs is 1. The maximum atomic E-state index is 14.1. The molecule has 67 heavy (non-hydrogen) atoms. The minimum Gasteiger partial charge on any atom is -0.456 e. The normalized spacial score (nSPS) is 17.9. The monoisotopic (exact) mass is 953 g/mol. The largest absolute Gasteiger partial charge is 0.456 e. The van der Waals surface area contributed by atoms with Crippen molar-refractivity contribution in [3.8, 4) is 11.5 Å². The third-order valence-corrected chi connectivity index (χ3v) is 14.4. The van der Waals surface area contributed by atoms with Crippen molar-refractivity contribution in [2.75, 3.05) is 82.8 Å². The minimum absolute atomic E-state index is 0.0475. The van der Waals surface area contributed by atoms with E-state index in [1.165, 1.54) is 34.9 Å². The molecule has 3 N–H and O–H groups in total. The third-order valence-electron chi connectivity index (χ3n) is 12.8. The number of morpholine rings is 1. The second kappa shape index (κ2) is 19.9. The molecule has 1 aliphatic carbocycles. The molecule has 1 atom stereocenters.